The number of nitrogens with zero attached hydrogens (tertiary/aromatic N) is 6. The number of esters is 1. The average Bonchev–Trinajstić information content (AvgIpc) is 3.57. The second-order valence-electron chi connectivity index (χ2n) is 7.77. The maximum atomic E-state index is 11.9. The number of aromatic nitrogens is 6. The van der Waals surface area contributed by atoms with Gasteiger partial charge in [0, 0.05) is 6.20 Å². The van der Waals surface area contributed by atoms with Gasteiger partial charge in [0.05, 0.1) is 38.2 Å². The lowest BCUT2D eigenvalue weighted by Crippen LogP contribution is -2.11. The number of hydrogen-bond donors (Lipinski definition) is 0. The van der Waals surface area contributed by atoms with E-state index in [1.807, 2.05) is 42.5 Å². The van der Waals surface area contributed by atoms with Gasteiger partial charge in [-0.2, -0.15) is 15.2 Å². The van der Waals surface area contributed by atoms with E-state index < -0.39 is 5.97 Å². The summed E-state index contributed by atoms with van der Waals surface area (Å²) in [7, 11) is 1.53. The maximum Gasteiger partial charge on any atom is 0.341 e. The standard InChI is InChI=1S/C26H24N6O4/c1-3-35-25(33)20-15-27-32(17-20)26-29-22-16-28-31(23(22)24(30-26)34-2)13-14-36-21-11-9-19(10-12-21)18-7-5-4-6-8-18/h4-12,15-17H,3,13-14H2,1-2H3. The lowest BCUT2D eigenvalue weighted by atomic mass is 10.1. The SMILES string of the molecule is CCOC(=O)c1cnn(-c2nc(OC)c3c(cnn3CCOc3ccc(-c4ccccc4)cc3)n2)c1. The smallest absolute Gasteiger partial charge is 0.341 e. The minimum Gasteiger partial charge on any atom is -0.492 e. The zero-order valence-electron chi connectivity index (χ0n) is 19.9. The van der Waals surface area contributed by atoms with Crippen LogP contribution in [0.5, 0.6) is 11.6 Å². The Morgan fingerprint density at radius 1 is 0.944 bits per heavy atom. The Morgan fingerprint density at radius 2 is 1.72 bits per heavy atom. The van der Waals surface area contributed by atoms with Gasteiger partial charge in [-0.1, -0.05) is 42.5 Å². The number of methoxy groups -OCH3 is 1. The van der Waals surface area contributed by atoms with Crippen LogP contribution in [0.2, 0.25) is 0 Å². The Morgan fingerprint density at radius 3 is 2.47 bits per heavy atom. The number of carbonyl (C=O) groups excluding carboxylic acids is 1. The van der Waals surface area contributed by atoms with Crippen LogP contribution in [0, 0.1) is 0 Å². The molecule has 0 aliphatic heterocycles. The lowest BCUT2D eigenvalue weighted by Gasteiger charge is -2.10. The third kappa shape index (κ3) is 4.74. The van der Waals surface area contributed by atoms with Crippen LogP contribution in [-0.2, 0) is 11.3 Å². The molecule has 0 aliphatic carbocycles. The number of rotatable bonds is 9. The van der Waals surface area contributed by atoms with Crippen molar-refractivity contribution in [1.82, 2.24) is 29.5 Å². The van der Waals surface area contributed by atoms with Gasteiger partial charge in [-0.3, -0.25) is 4.68 Å². The highest BCUT2D eigenvalue weighted by Crippen LogP contribution is 2.24. The van der Waals surface area contributed by atoms with Crippen LogP contribution in [0.4, 0.5) is 0 Å². The van der Waals surface area contributed by atoms with E-state index in [-0.39, 0.29) is 12.6 Å². The van der Waals surface area contributed by atoms with Gasteiger partial charge in [-0.15, -0.1) is 0 Å². The molecular weight excluding hydrogens is 460 g/mol. The Labute approximate surface area is 207 Å². The van der Waals surface area contributed by atoms with Crippen molar-refractivity contribution in [2.45, 2.75) is 13.5 Å². The fraction of sp³-hybridized carbons (Fsp3) is 0.192. The fourth-order valence-corrected chi connectivity index (χ4v) is 3.74. The summed E-state index contributed by atoms with van der Waals surface area (Å²) in [5, 5.41) is 8.61. The molecule has 0 N–H and O–H groups in total. The molecule has 0 spiro atoms. The molecule has 0 amide bonds. The molecule has 36 heavy (non-hydrogen) atoms. The highest BCUT2D eigenvalue weighted by atomic mass is 16.5. The number of fused-ring (bicyclic) bond motifs is 1. The monoisotopic (exact) mass is 484 g/mol. The third-order valence-electron chi connectivity index (χ3n) is 5.47. The van der Waals surface area contributed by atoms with Crippen LogP contribution < -0.4 is 9.47 Å². The summed E-state index contributed by atoms with van der Waals surface area (Å²) in [6.45, 7) is 2.89. The van der Waals surface area contributed by atoms with Gasteiger partial charge in [0.1, 0.15) is 23.4 Å². The van der Waals surface area contributed by atoms with Gasteiger partial charge >= 0.3 is 5.97 Å². The van der Waals surface area contributed by atoms with Crippen LogP contribution in [-0.4, -0.2) is 55.8 Å². The average molecular weight is 485 g/mol. The molecule has 0 unspecified atom stereocenters. The molecule has 0 saturated heterocycles. The van der Waals surface area contributed by atoms with Crippen molar-refractivity contribution in [1.29, 1.82) is 0 Å². The van der Waals surface area contributed by atoms with Gasteiger partial charge in [-0.25, -0.2) is 14.5 Å². The molecule has 10 heteroatoms. The summed E-state index contributed by atoms with van der Waals surface area (Å²) in [6, 6.07) is 18.2. The molecule has 3 aromatic heterocycles. The number of ether oxygens (including phenoxy) is 3. The molecule has 0 radical (unpaired) electrons. The van der Waals surface area contributed by atoms with E-state index in [0.717, 1.165) is 16.9 Å². The lowest BCUT2D eigenvalue weighted by molar-refractivity contribution is 0.0526. The molecule has 2 aromatic carbocycles. The molecule has 5 rings (SSSR count). The largest absolute Gasteiger partial charge is 0.492 e. The molecule has 0 aliphatic rings. The summed E-state index contributed by atoms with van der Waals surface area (Å²) in [5.41, 5.74) is 3.82. The zero-order valence-corrected chi connectivity index (χ0v) is 19.9. The number of benzene rings is 2. The van der Waals surface area contributed by atoms with Gasteiger partial charge < -0.3 is 14.2 Å². The molecule has 182 valence electrons. The molecule has 0 saturated carbocycles. The van der Waals surface area contributed by atoms with Gasteiger partial charge in [0.15, 0.2) is 0 Å². The van der Waals surface area contributed by atoms with E-state index in [1.165, 1.54) is 24.2 Å². The fourth-order valence-electron chi connectivity index (χ4n) is 3.74. The van der Waals surface area contributed by atoms with Crippen molar-refractivity contribution in [3.05, 3.63) is 78.8 Å². The van der Waals surface area contributed by atoms with E-state index in [1.54, 1.807) is 17.8 Å². The second kappa shape index (κ2) is 10.3. The first-order valence-electron chi connectivity index (χ1n) is 11.4. The zero-order chi connectivity index (χ0) is 24.9. The molecule has 0 atom stereocenters. The second-order valence-corrected chi connectivity index (χ2v) is 7.77. The topological polar surface area (TPSA) is 106 Å². The van der Waals surface area contributed by atoms with E-state index in [9.17, 15) is 4.79 Å². The van der Waals surface area contributed by atoms with Crippen LogP contribution >= 0.6 is 0 Å². The predicted molar refractivity (Wildman–Crippen MR) is 132 cm³/mol. The van der Waals surface area contributed by atoms with Crippen molar-refractivity contribution in [3.8, 4) is 28.7 Å². The minimum atomic E-state index is -0.459. The van der Waals surface area contributed by atoms with Gasteiger partial charge in [0.25, 0.3) is 5.95 Å². The summed E-state index contributed by atoms with van der Waals surface area (Å²) >= 11 is 0. The maximum absolute atomic E-state index is 11.9. The Balaban J connectivity index is 1.29. The summed E-state index contributed by atoms with van der Waals surface area (Å²) in [4.78, 5) is 20.9. The van der Waals surface area contributed by atoms with E-state index in [4.69, 9.17) is 14.2 Å². The van der Waals surface area contributed by atoms with Gasteiger partial charge in [-0.05, 0) is 30.2 Å². The van der Waals surface area contributed by atoms with E-state index in [2.05, 4.69) is 32.3 Å². The summed E-state index contributed by atoms with van der Waals surface area (Å²) in [5.74, 6) is 0.907. The first-order chi connectivity index (χ1) is 17.7. The van der Waals surface area contributed by atoms with Crippen molar-refractivity contribution < 1.29 is 19.0 Å². The quantitative estimate of drug-likeness (QED) is 0.290. The van der Waals surface area contributed by atoms with Crippen LogP contribution in [0.3, 0.4) is 0 Å². The molecule has 5 aromatic rings. The van der Waals surface area contributed by atoms with Crippen molar-refractivity contribution in [2.24, 2.45) is 0 Å². The Bertz CT molecular complexity index is 1480. The van der Waals surface area contributed by atoms with Crippen molar-refractivity contribution >= 4 is 17.0 Å². The summed E-state index contributed by atoms with van der Waals surface area (Å²) in [6.07, 6.45) is 4.55. The molecule has 0 bridgehead atoms. The molecule has 3 heterocycles. The van der Waals surface area contributed by atoms with Crippen molar-refractivity contribution in [3.63, 3.8) is 0 Å². The van der Waals surface area contributed by atoms with Gasteiger partial charge in [0.2, 0.25) is 5.88 Å². The minimum absolute atomic E-state index is 0.254. The molecule has 0 fully saturated rings. The highest BCUT2D eigenvalue weighted by molar-refractivity contribution is 5.88. The third-order valence-corrected chi connectivity index (χ3v) is 5.47. The van der Waals surface area contributed by atoms with Crippen LogP contribution in [0.1, 0.15) is 17.3 Å². The Kier molecular flexibility index (Phi) is 6.57. The van der Waals surface area contributed by atoms with E-state index in [0.29, 0.717) is 35.6 Å². The first-order valence-corrected chi connectivity index (χ1v) is 11.4. The predicted octanol–water partition coefficient (Wildman–Crippen LogP) is 3.94. The number of hydrogen-bond acceptors (Lipinski definition) is 8. The Hall–Kier alpha value is -4.73. The van der Waals surface area contributed by atoms with Crippen LogP contribution in [0.25, 0.3) is 28.1 Å². The molecular formula is C26H24N6O4. The number of carbonyl (C=O) groups is 1. The molecule has 10 nitrogen and oxygen atoms in total. The van der Waals surface area contributed by atoms with Crippen LogP contribution in [0.15, 0.2) is 73.2 Å². The summed E-state index contributed by atoms with van der Waals surface area (Å²) < 4.78 is 19.6. The van der Waals surface area contributed by atoms with E-state index >= 15 is 0 Å². The highest BCUT2D eigenvalue weighted by Gasteiger charge is 2.17. The first kappa shape index (κ1) is 23.0. The normalized spacial score (nSPS) is 10.9. The van der Waals surface area contributed by atoms with Crippen molar-refractivity contribution in [2.75, 3.05) is 20.3 Å².